The first kappa shape index (κ1) is 28.5. The van der Waals surface area contributed by atoms with Gasteiger partial charge in [0.15, 0.2) is 5.78 Å². The van der Waals surface area contributed by atoms with Gasteiger partial charge in [-0.2, -0.15) is 0 Å². The van der Waals surface area contributed by atoms with Crippen LogP contribution in [0.2, 0.25) is 0 Å². The molecule has 0 saturated heterocycles. The monoisotopic (exact) mass is 509 g/mol. The van der Waals surface area contributed by atoms with Gasteiger partial charge in [0.05, 0.1) is 18.6 Å². The van der Waals surface area contributed by atoms with Crippen LogP contribution in [0.5, 0.6) is 5.75 Å². The van der Waals surface area contributed by atoms with E-state index in [0.29, 0.717) is 30.4 Å². The summed E-state index contributed by atoms with van der Waals surface area (Å²) in [5.74, 6) is -2.00. The molecule has 0 saturated carbocycles. The van der Waals surface area contributed by atoms with Crippen LogP contribution in [0, 0.1) is 17.8 Å². The number of carbonyl (C=O) groups is 3. The Labute approximate surface area is 219 Å². The highest BCUT2D eigenvalue weighted by Gasteiger charge is 2.36. The molecule has 0 heterocycles. The Bertz CT molecular complexity index is 1140. The normalized spacial score (nSPS) is 16.7. The number of aliphatic hydroxyl groups is 2. The van der Waals surface area contributed by atoms with E-state index < -0.39 is 12.5 Å². The lowest BCUT2D eigenvalue weighted by atomic mass is 9.73. The number of hydrogen-bond donors (Lipinski definition) is 3. The molecular formula is C30H39NO6. The molecule has 0 aliphatic heterocycles. The van der Waals surface area contributed by atoms with Gasteiger partial charge >= 0.3 is 0 Å². The lowest BCUT2D eigenvalue weighted by Gasteiger charge is -2.33. The van der Waals surface area contributed by atoms with Crippen LogP contribution in [0.4, 0.5) is 5.69 Å². The van der Waals surface area contributed by atoms with Crippen LogP contribution >= 0.6 is 0 Å². The zero-order valence-corrected chi connectivity index (χ0v) is 22.3. The van der Waals surface area contributed by atoms with Crippen LogP contribution in [-0.4, -0.2) is 60.0 Å². The summed E-state index contributed by atoms with van der Waals surface area (Å²) in [4.78, 5) is 39.5. The molecular weight excluding hydrogens is 470 g/mol. The van der Waals surface area contributed by atoms with Gasteiger partial charge < -0.3 is 20.2 Å². The van der Waals surface area contributed by atoms with Crippen LogP contribution in [-0.2, 0) is 22.4 Å². The Balaban J connectivity index is 1.97. The molecule has 3 N–H and O–H groups in total. The Morgan fingerprint density at radius 2 is 1.78 bits per heavy atom. The van der Waals surface area contributed by atoms with E-state index in [1.165, 1.54) is 12.5 Å². The molecule has 0 radical (unpaired) electrons. The number of nitrogens with zero attached hydrogens (tertiary/aromatic N) is 1. The third kappa shape index (κ3) is 6.46. The zero-order valence-electron chi connectivity index (χ0n) is 22.3. The Kier molecular flexibility index (Phi) is 9.62. The van der Waals surface area contributed by atoms with Crippen molar-refractivity contribution in [1.82, 2.24) is 0 Å². The zero-order chi connectivity index (χ0) is 27.3. The van der Waals surface area contributed by atoms with Crippen molar-refractivity contribution in [2.45, 2.75) is 52.4 Å². The highest BCUT2D eigenvalue weighted by Crippen LogP contribution is 2.45. The Morgan fingerprint density at radius 3 is 2.32 bits per heavy atom. The summed E-state index contributed by atoms with van der Waals surface area (Å²) >= 11 is 0. The van der Waals surface area contributed by atoms with Crippen molar-refractivity contribution in [3.8, 4) is 16.9 Å². The van der Waals surface area contributed by atoms with Crippen molar-refractivity contribution in [3.63, 3.8) is 0 Å². The van der Waals surface area contributed by atoms with Gasteiger partial charge in [0.2, 0.25) is 0 Å². The third-order valence-corrected chi connectivity index (χ3v) is 7.52. The fraction of sp³-hybridized carbons (Fsp3) is 0.500. The summed E-state index contributed by atoms with van der Waals surface area (Å²) in [6.45, 7) is 2.86. The molecule has 0 aromatic heterocycles. The summed E-state index contributed by atoms with van der Waals surface area (Å²) in [5.41, 5.74) is 4.62. The molecule has 1 aliphatic carbocycles. The van der Waals surface area contributed by atoms with E-state index in [2.05, 4.69) is 6.92 Å². The molecule has 0 spiro atoms. The van der Waals surface area contributed by atoms with Crippen LogP contribution < -0.4 is 4.90 Å². The predicted molar refractivity (Wildman–Crippen MR) is 144 cm³/mol. The lowest BCUT2D eigenvalue weighted by molar-refractivity contribution is -0.131. The third-order valence-electron chi connectivity index (χ3n) is 7.52. The molecule has 200 valence electrons. The second-order valence-electron chi connectivity index (χ2n) is 10.4. The van der Waals surface area contributed by atoms with Gasteiger partial charge in [-0.05, 0) is 67.2 Å². The quantitative estimate of drug-likeness (QED) is 0.371. The molecule has 3 rings (SSSR count). The van der Waals surface area contributed by atoms with Crippen LogP contribution in [0.1, 0.15) is 61.0 Å². The van der Waals surface area contributed by atoms with Gasteiger partial charge in [0, 0.05) is 44.3 Å². The van der Waals surface area contributed by atoms with Crippen molar-refractivity contribution >= 4 is 23.0 Å². The fourth-order valence-corrected chi connectivity index (χ4v) is 5.60. The molecule has 0 amide bonds. The fourth-order valence-electron chi connectivity index (χ4n) is 5.60. The van der Waals surface area contributed by atoms with E-state index in [1.807, 2.05) is 49.3 Å². The van der Waals surface area contributed by atoms with Crippen molar-refractivity contribution in [3.05, 3.63) is 47.0 Å². The average molecular weight is 510 g/mol. The number of phenols is 1. The number of fused-ring (bicyclic) bond motifs is 1. The van der Waals surface area contributed by atoms with Crippen molar-refractivity contribution in [2.24, 2.45) is 17.8 Å². The maximum Gasteiger partial charge on any atom is 0.167 e. The minimum atomic E-state index is -0.761. The first-order valence-electron chi connectivity index (χ1n) is 13.0. The summed E-state index contributed by atoms with van der Waals surface area (Å²) in [6, 6.07) is 9.88. The molecule has 2 aromatic carbocycles. The number of Topliss-reactive ketones (excluding diaryl/α,β-unsaturated/α-hetero) is 3. The van der Waals surface area contributed by atoms with Crippen LogP contribution in [0.3, 0.4) is 0 Å². The van der Waals surface area contributed by atoms with Gasteiger partial charge in [-0.15, -0.1) is 0 Å². The first-order chi connectivity index (χ1) is 17.6. The van der Waals surface area contributed by atoms with Crippen LogP contribution in [0.25, 0.3) is 11.1 Å². The van der Waals surface area contributed by atoms with E-state index in [4.69, 9.17) is 0 Å². The number of carbonyl (C=O) groups excluding carboxylic acids is 3. The minimum absolute atomic E-state index is 0.00919. The van der Waals surface area contributed by atoms with E-state index in [-0.39, 0.29) is 54.4 Å². The number of aliphatic hydroxyl groups excluding tert-OH is 2. The summed E-state index contributed by atoms with van der Waals surface area (Å²) in [7, 11) is 3.81. The molecule has 2 aromatic rings. The number of hydrogen-bond acceptors (Lipinski definition) is 7. The molecule has 37 heavy (non-hydrogen) atoms. The van der Waals surface area contributed by atoms with Crippen molar-refractivity contribution in [1.29, 1.82) is 0 Å². The molecule has 3 atom stereocenters. The van der Waals surface area contributed by atoms with E-state index in [1.54, 1.807) is 0 Å². The molecule has 7 heteroatoms. The maximum atomic E-state index is 13.4. The Hall–Kier alpha value is -3.03. The second-order valence-corrected chi connectivity index (χ2v) is 10.4. The highest BCUT2D eigenvalue weighted by atomic mass is 16.3. The SMILES string of the molecule is CCc1ccc(-c2cc(N(C)C)c3c(c2O)C(=O)CC(CC(CCO)C(CO)C(=O)CC(C)=O)C3)cc1. The minimum Gasteiger partial charge on any atom is -0.507 e. The van der Waals surface area contributed by atoms with Gasteiger partial charge in [-0.25, -0.2) is 0 Å². The maximum absolute atomic E-state index is 13.4. The topological polar surface area (TPSA) is 115 Å². The first-order valence-corrected chi connectivity index (χ1v) is 13.0. The smallest absolute Gasteiger partial charge is 0.167 e. The molecule has 7 nitrogen and oxygen atoms in total. The largest absolute Gasteiger partial charge is 0.507 e. The predicted octanol–water partition coefficient (Wildman–Crippen LogP) is 3.98. The number of benzene rings is 2. The number of aromatic hydroxyl groups is 1. The summed E-state index contributed by atoms with van der Waals surface area (Å²) in [5, 5.41) is 30.8. The van der Waals surface area contributed by atoms with Crippen LogP contribution in [0.15, 0.2) is 30.3 Å². The van der Waals surface area contributed by atoms with E-state index in [9.17, 15) is 29.7 Å². The molecule has 3 unspecified atom stereocenters. The molecule has 0 fully saturated rings. The number of phenolic OH excluding ortho intramolecular Hbond substituents is 1. The van der Waals surface area contributed by atoms with Crippen molar-refractivity contribution in [2.75, 3.05) is 32.2 Å². The highest BCUT2D eigenvalue weighted by molar-refractivity contribution is 6.05. The Morgan fingerprint density at radius 1 is 1.11 bits per heavy atom. The number of rotatable bonds is 12. The van der Waals surface area contributed by atoms with E-state index in [0.717, 1.165) is 23.2 Å². The summed E-state index contributed by atoms with van der Waals surface area (Å²) in [6.07, 6.45) is 2.14. The summed E-state index contributed by atoms with van der Waals surface area (Å²) < 4.78 is 0. The number of aryl methyl sites for hydroxylation is 1. The second kappa shape index (κ2) is 12.5. The molecule has 1 aliphatic rings. The average Bonchev–Trinajstić information content (AvgIpc) is 2.84. The van der Waals surface area contributed by atoms with Gasteiger partial charge in [0.25, 0.3) is 0 Å². The number of ketones is 3. The van der Waals surface area contributed by atoms with Gasteiger partial charge in [-0.1, -0.05) is 31.2 Å². The number of anilines is 1. The molecule has 0 bridgehead atoms. The van der Waals surface area contributed by atoms with Crippen molar-refractivity contribution < 1.29 is 29.7 Å². The van der Waals surface area contributed by atoms with E-state index >= 15 is 0 Å². The van der Waals surface area contributed by atoms with Gasteiger partial charge in [-0.3, -0.25) is 14.4 Å². The lowest BCUT2D eigenvalue weighted by Crippen LogP contribution is -2.33. The standard InChI is InChI=1S/C30H39NO6/c1-5-19-6-8-21(9-7-19)23-16-26(31(3)4)24-14-20(15-28(36)29(24)30(23)37)13-22(10-11-32)25(17-33)27(35)12-18(2)34/h6-9,16,20,22,25,32-33,37H,5,10-15,17H2,1-4H3. The van der Waals surface area contributed by atoms with Gasteiger partial charge in [0.1, 0.15) is 17.3 Å².